The molecular weight excluding hydrogens is 411 g/mol. The first-order valence-corrected chi connectivity index (χ1v) is 9.60. The SMILES string of the molecule is Cn1cc(-c2c(N=C(N)Cc3ncncc3F)nc(N)nc2-c2ccccc2)ccc1=O. The number of nitrogens with zero attached hydrogens (tertiary/aromatic N) is 6. The zero-order valence-electron chi connectivity index (χ0n) is 17.1. The zero-order chi connectivity index (χ0) is 22.7. The number of halogens is 1. The van der Waals surface area contributed by atoms with Crippen molar-refractivity contribution in [3.8, 4) is 22.4 Å². The van der Waals surface area contributed by atoms with Crippen molar-refractivity contribution in [3.05, 3.63) is 83.1 Å². The lowest BCUT2D eigenvalue weighted by molar-refractivity contribution is 0.598. The van der Waals surface area contributed by atoms with Crippen molar-refractivity contribution in [2.75, 3.05) is 5.73 Å². The normalized spacial score (nSPS) is 11.5. The zero-order valence-corrected chi connectivity index (χ0v) is 17.1. The van der Waals surface area contributed by atoms with Crippen LogP contribution in [0.25, 0.3) is 22.4 Å². The predicted molar refractivity (Wildman–Crippen MR) is 120 cm³/mol. The molecule has 1 aromatic carbocycles. The summed E-state index contributed by atoms with van der Waals surface area (Å²) < 4.78 is 15.4. The fourth-order valence-corrected chi connectivity index (χ4v) is 3.17. The number of hydrogen-bond acceptors (Lipinski definition) is 7. The van der Waals surface area contributed by atoms with E-state index in [1.807, 2.05) is 30.3 Å². The van der Waals surface area contributed by atoms with Crippen LogP contribution in [0.5, 0.6) is 0 Å². The van der Waals surface area contributed by atoms with Gasteiger partial charge >= 0.3 is 0 Å². The van der Waals surface area contributed by atoms with Crippen molar-refractivity contribution in [3.63, 3.8) is 0 Å². The lowest BCUT2D eigenvalue weighted by Gasteiger charge is -2.14. The lowest BCUT2D eigenvalue weighted by atomic mass is 10.0. The molecular formula is C22H19FN8O. The summed E-state index contributed by atoms with van der Waals surface area (Å²) >= 11 is 0. The topological polar surface area (TPSA) is 138 Å². The fraction of sp³-hybridized carbons (Fsp3) is 0.0909. The van der Waals surface area contributed by atoms with Crippen LogP contribution in [0.4, 0.5) is 16.2 Å². The minimum absolute atomic E-state index is 0.00260. The number of benzene rings is 1. The molecule has 3 aromatic heterocycles. The summed E-state index contributed by atoms with van der Waals surface area (Å²) in [4.78, 5) is 32.6. The average molecular weight is 430 g/mol. The molecule has 160 valence electrons. The predicted octanol–water partition coefficient (Wildman–Crippen LogP) is 2.25. The highest BCUT2D eigenvalue weighted by atomic mass is 19.1. The quantitative estimate of drug-likeness (QED) is 0.366. The number of anilines is 1. The van der Waals surface area contributed by atoms with Gasteiger partial charge in [0.1, 0.15) is 12.2 Å². The third kappa shape index (κ3) is 4.33. The van der Waals surface area contributed by atoms with E-state index < -0.39 is 5.82 Å². The molecule has 0 atom stereocenters. The summed E-state index contributed by atoms with van der Waals surface area (Å²) in [5, 5.41) is 0. The van der Waals surface area contributed by atoms with Crippen LogP contribution >= 0.6 is 0 Å². The number of aromatic nitrogens is 5. The Labute approximate surface area is 182 Å². The maximum Gasteiger partial charge on any atom is 0.250 e. The Morgan fingerprint density at radius 1 is 1.12 bits per heavy atom. The van der Waals surface area contributed by atoms with Crippen LogP contribution in [0.3, 0.4) is 0 Å². The third-order valence-corrected chi connectivity index (χ3v) is 4.67. The van der Waals surface area contributed by atoms with Gasteiger partial charge in [0, 0.05) is 30.4 Å². The first-order valence-electron chi connectivity index (χ1n) is 9.60. The molecule has 9 nitrogen and oxygen atoms in total. The van der Waals surface area contributed by atoms with Crippen LogP contribution in [0.1, 0.15) is 5.69 Å². The fourth-order valence-electron chi connectivity index (χ4n) is 3.17. The molecule has 0 radical (unpaired) electrons. The third-order valence-electron chi connectivity index (χ3n) is 4.67. The van der Waals surface area contributed by atoms with E-state index in [9.17, 15) is 9.18 Å². The van der Waals surface area contributed by atoms with E-state index in [1.54, 1.807) is 19.3 Å². The van der Waals surface area contributed by atoms with E-state index in [4.69, 9.17) is 11.5 Å². The monoisotopic (exact) mass is 430 g/mol. The average Bonchev–Trinajstić information content (AvgIpc) is 2.77. The van der Waals surface area contributed by atoms with E-state index in [0.29, 0.717) is 16.8 Å². The molecule has 4 aromatic rings. The summed E-state index contributed by atoms with van der Waals surface area (Å²) in [6.45, 7) is 0. The standard InChI is InChI=1S/C22H19FN8O/c1-31-11-14(7-8-18(31)32)19-20(13-5-3-2-4-6-13)29-22(25)30-21(19)28-17(24)9-16-15(23)10-26-12-27-16/h2-8,10-12H,9H2,1H3,(H4,24,25,28,29,30). The van der Waals surface area contributed by atoms with Gasteiger partial charge in [-0.3, -0.25) is 4.79 Å². The second-order valence-corrected chi connectivity index (χ2v) is 6.96. The van der Waals surface area contributed by atoms with Gasteiger partial charge in [-0.25, -0.2) is 24.3 Å². The molecule has 0 saturated heterocycles. The van der Waals surface area contributed by atoms with Crippen molar-refractivity contribution in [2.45, 2.75) is 6.42 Å². The molecule has 0 aliphatic carbocycles. The molecule has 0 amide bonds. The number of hydrogen-bond donors (Lipinski definition) is 2. The molecule has 32 heavy (non-hydrogen) atoms. The second-order valence-electron chi connectivity index (χ2n) is 6.96. The van der Waals surface area contributed by atoms with Gasteiger partial charge in [-0.2, -0.15) is 4.98 Å². The van der Waals surface area contributed by atoms with Crippen molar-refractivity contribution in [1.29, 1.82) is 0 Å². The van der Waals surface area contributed by atoms with Crippen molar-refractivity contribution < 1.29 is 4.39 Å². The molecule has 10 heteroatoms. The Morgan fingerprint density at radius 2 is 1.91 bits per heavy atom. The van der Waals surface area contributed by atoms with Crippen molar-refractivity contribution in [1.82, 2.24) is 24.5 Å². The van der Waals surface area contributed by atoms with Gasteiger partial charge in [-0.1, -0.05) is 30.3 Å². The highest BCUT2D eigenvalue weighted by Gasteiger charge is 2.18. The summed E-state index contributed by atoms with van der Waals surface area (Å²) in [5.74, 6) is -0.318. The van der Waals surface area contributed by atoms with Crippen LogP contribution in [0, 0.1) is 5.82 Å². The number of rotatable bonds is 5. The highest BCUT2D eigenvalue weighted by Crippen LogP contribution is 2.37. The molecule has 0 saturated carbocycles. The van der Waals surface area contributed by atoms with Gasteiger partial charge in [0.05, 0.1) is 29.6 Å². The van der Waals surface area contributed by atoms with Crippen LogP contribution < -0.4 is 17.0 Å². The number of aliphatic imine (C=N–C) groups is 1. The van der Waals surface area contributed by atoms with Crippen LogP contribution in [-0.4, -0.2) is 30.3 Å². The molecule has 3 heterocycles. The smallest absolute Gasteiger partial charge is 0.250 e. The molecule has 0 fully saturated rings. The highest BCUT2D eigenvalue weighted by molar-refractivity contribution is 5.92. The largest absolute Gasteiger partial charge is 0.387 e. The van der Waals surface area contributed by atoms with E-state index in [0.717, 1.165) is 11.8 Å². The molecule has 4 N–H and O–H groups in total. The van der Waals surface area contributed by atoms with E-state index in [2.05, 4.69) is 24.9 Å². The molecule has 0 bridgehead atoms. The minimum Gasteiger partial charge on any atom is -0.387 e. The van der Waals surface area contributed by atoms with Gasteiger partial charge in [0.15, 0.2) is 11.6 Å². The van der Waals surface area contributed by atoms with Gasteiger partial charge in [0.25, 0.3) is 0 Å². The van der Waals surface area contributed by atoms with Crippen LogP contribution in [0.2, 0.25) is 0 Å². The number of pyridine rings is 1. The Balaban J connectivity index is 1.91. The Morgan fingerprint density at radius 3 is 2.62 bits per heavy atom. The number of nitrogen functional groups attached to an aromatic ring is 1. The van der Waals surface area contributed by atoms with Gasteiger partial charge in [0.2, 0.25) is 11.5 Å². The maximum atomic E-state index is 14.0. The van der Waals surface area contributed by atoms with E-state index in [-0.39, 0.29) is 35.3 Å². The van der Waals surface area contributed by atoms with E-state index in [1.165, 1.54) is 17.0 Å². The lowest BCUT2D eigenvalue weighted by Crippen LogP contribution is -2.17. The van der Waals surface area contributed by atoms with Gasteiger partial charge < -0.3 is 16.0 Å². The Hall–Kier alpha value is -4.47. The minimum atomic E-state index is -0.587. The second kappa shape index (κ2) is 8.72. The van der Waals surface area contributed by atoms with Gasteiger partial charge in [-0.15, -0.1) is 0 Å². The summed E-state index contributed by atoms with van der Waals surface area (Å²) in [6.07, 6.45) is 3.90. The van der Waals surface area contributed by atoms with Gasteiger partial charge in [-0.05, 0) is 6.07 Å². The summed E-state index contributed by atoms with van der Waals surface area (Å²) in [5.41, 5.74) is 14.5. The molecule has 4 rings (SSSR count). The van der Waals surface area contributed by atoms with Crippen LogP contribution in [-0.2, 0) is 13.5 Å². The Bertz CT molecular complexity index is 1370. The summed E-state index contributed by atoms with van der Waals surface area (Å²) in [7, 11) is 1.64. The summed E-state index contributed by atoms with van der Waals surface area (Å²) in [6, 6.07) is 12.5. The number of aryl methyl sites for hydroxylation is 1. The molecule has 0 unspecified atom stereocenters. The maximum absolute atomic E-state index is 14.0. The first kappa shape index (κ1) is 20.8. The first-order chi connectivity index (χ1) is 15.4. The molecule has 0 aliphatic heterocycles. The molecule has 0 spiro atoms. The number of amidine groups is 1. The Kier molecular flexibility index (Phi) is 5.67. The van der Waals surface area contributed by atoms with Crippen LogP contribution in [0.15, 0.2) is 71.0 Å². The molecule has 0 aliphatic rings. The van der Waals surface area contributed by atoms with Crippen molar-refractivity contribution in [2.24, 2.45) is 17.8 Å². The van der Waals surface area contributed by atoms with E-state index >= 15 is 0 Å². The number of nitrogens with two attached hydrogens (primary N) is 2. The van der Waals surface area contributed by atoms with Crippen molar-refractivity contribution >= 4 is 17.6 Å².